The lowest BCUT2D eigenvalue weighted by Crippen LogP contribution is -2.29. The van der Waals surface area contributed by atoms with E-state index in [4.69, 9.17) is 21.8 Å². The molecule has 0 aliphatic rings. The first-order valence-corrected chi connectivity index (χ1v) is 2.46. The molecule has 0 aliphatic carbocycles. The molecule has 1 unspecified atom stereocenters. The summed E-state index contributed by atoms with van der Waals surface area (Å²) < 4.78 is 0. The molecule has 6 nitrogen and oxygen atoms in total. The summed E-state index contributed by atoms with van der Waals surface area (Å²) in [5, 5.41) is 19.8. The number of aliphatic hydroxyl groups is 1. The third-order valence-corrected chi connectivity index (χ3v) is 0.632. The van der Waals surface area contributed by atoms with Gasteiger partial charge in [-0.15, -0.1) is 0 Å². The Bertz CT molecular complexity index is 159. The van der Waals surface area contributed by atoms with Crippen LogP contribution >= 0.6 is 0 Å². The lowest BCUT2D eigenvalue weighted by molar-refractivity contribution is 0.145. The van der Waals surface area contributed by atoms with Crippen molar-refractivity contribution in [1.29, 1.82) is 5.26 Å². The van der Waals surface area contributed by atoms with Gasteiger partial charge in [-0.3, -0.25) is 5.73 Å². The molecule has 0 fully saturated rings. The molecule has 0 radical (unpaired) electrons. The second-order valence-corrected chi connectivity index (χ2v) is 1.33. The van der Waals surface area contributed by atoms with Crippen molar-refractivity contribution in [2.75, 3.05) is 6.73 Å². The van der Waals surface area contributed by atoms with Crippen molar-refractivity contribution in [2.24, 2.45) is 16.6 Å². The van der Waals surface area contributed by atoms with Crippen molar-refractivity contribution in [3.63, 3.8) is 0 Å². The van der Waals surface area contributed by atoms with E-state index in [0.717, 1.165) is 0 Å². The standard InChI is InChI=1S/C4H8N4O2/c5-1-3(4(7)9)8-10-2-6/h4,9H,2,6-7H2/b8-3+. The van der Waals surface area contributed by atoms with Crippen LogP contribution in [-0.4, -0.2) is 23.8 Å². The smallest absolute Gasteiger partial charge is 0.199 e. The maximum atomic E-state index is 8.54. The van der Waals surface area contributed by atoms with E-state index in [1.54, 1.807) is 0 Å². The van der Waals surface area contributed by atoms with Gasteiger partial charge in [0.2, 0.25) is 0 Å². The molecular weight excluding hydrogens is 136 g/mol. The van der Waals surface area contributed by atoms with Crippen LogP contribution in [0, 0.1) is 11.3 Å². The zero-order chi connectivity index (χ0) is 7.98. The number of rotatable bonds is 3. The van der Waals surface area contributed by atoms with Crippen molar-refractivity contribution >= 4 is 5.71 Å². The molecule has 0 heterocycles. The fourth-order valence-corrected chi connectivity index (χ4v) is 0.247. The van der Waals surface area contributed by atoms with Gasteiger partial charge in [0.1, 0.15) is 6.07 Å². The molecule has 0 aromatic rings. The quantitative estimate of drug-likeness (QED) is 0.242. The molecule has 10 heavy (non-hydrogen) atoms. The second kappa shape index (κ2) is 4.69. The lowest BCUT2D eigenvalue weighted by atomic mass is 10.4. The topological polar surface area (TPSA) is 118 Å². The van der Waals surface area contributed by atoms with Crippen molar-refractivity contribution in [3.8, 4) is 6.07 Å². The average Bonchev–Trinajstić information content (AvgIpc) is 1.89. The molecule has 0 aliphatic heterocycles. The summed E-state index contributed by atoms with van der Waals surface area (Å²) in [5.41, 5.74) is 9.44. The van der Waals surface area contributed by atoms with E-state index >= 15 is 0 Å². The number of nitrogens with zero attached hydrogens (tertiary/aromatic N) is 2. The molecule has 0 rings (SSSR count). The Kier molecular flexibility index (Phi) is 4.15. The molecule has 0 aromatic heterocycles. The Morgan fingerprint density at radius 3 is 2.80 bits per heavy atom. The minimum Gasteiger partial charge on any atom is -0.379 e. The third kappa shape index (κ3) is 2.99. The van der Waals surface area contributed by atoms with Crippen LogP contribution in [0.1, 0.15) is 0 Å². The lowest BCUT2D eigenvalue weighted by Gasteiger charge is -1.98. The molecule has 5 N–H and O–H groups in total. The summed E-state index contributed by atoms with van der Waals surface area (Å²) in [6, 6.07) is 1.53. The Hall–Kier alpha value is -1.16. The Labute approximate surface area is 57.7 Å². The van der Waals surface area contributed by atoms with E-state index in [2.05, 4.69) is 9.99 Å². The van der Waals surface area contributed by atoms with Gasteiger partial charge in [-0.05, 0) is 0 Å². The van der Waals surface area contributed by atoms with Crippen LogP contribution in [0.15, 0.2) is 5.16 Å². The van der Waals surface area contributed by atoms with Gasteiger partial charge in [0, 0.05) is 0 Å². The largest absolute Gasteiger partial charge is 0.379 e. The molecule has 0 spiro atoms. The zero-order valence-corrected chi connectivity index (χ0v) is 5.19. The molecule has 6 heteroatoms. The van der Waals surface area contributed by atoms with Crippen LogP contribution in [0.2, 0.25) is 0 Å². The highest BCUT2D eigenvalue weighted by Crippen LogP contribution is 1.81. The van der Waals surface area contributed by atoms with Gasteiger partial charge in [0.25, 0.3) is 0 Å². The Morgan fingerprint density at radius 1 is 1.90 bits per heavy atom. The van der Waals surface area contributed by atoms with Crippen molar-refractivity contribution in [1.82, 2.24) is 0 Å². The van der Waals surface area contributed by atoms with Gasteiger partial charge in [0.15, 0.2) is 18.7 Å². The average molecular weight is 144 g/mol. The van der Waals surface area contributed by atoms with Gasteiger partial charge in [-0.1, -0.05) is 5.16 Å². The first kappa shape index (κ1) is 8.84. The number of aliphatic hydroxyl groups excluding tert-OH is 1. The number of oxime groups is 1. The summed E-state index contributed by atoms with van der Waals surface area (Å²) in [7, 11) is 0. The van der Waals surface area contributed by atoms with Crippen molar-refractivity contribution < 1.29 is 9.94 Å². The number of hydrogen-bond acceptors (Lipinski definition) is 6. The molecular formula is C4H8N4O2. The minimum atomic E-state index is -1.41. The molecule has 0 saturated heterocycles. The highest BCUT2D eigenvalue weighted by Gasteiger charge is 2.05. The van der Waals surface area contributed by atoms with Crippen LogP contribution in [0.3, 0.4) is 0 Å². The summed E-state index contributed by atoms with van der Waals surface area (Å²) >= 11 is 0. The van der Waals surface area contributed by atoms with E-state index in [1.165, 1.54) is 6.07 Å². The zero-order valence-electron chi connectivity index (χ0n) is 5.19. The molecule has 0 bridgehead atoms. The van der Waals surface area contributed by atoms with Gasteiger partial charge in [-0.25, -0.2) is 0 Å². The van der Waals surface area contributed by atoms with Gasteiger partial charge in [0.05, 0.1) is 0 Å². The summed E-state index contributed by atoms with van der Waals surface area (Å²) in [5.74, 6) is 0. The van der Waals surface area contributed by atoms with Crippen molar-refractivity contribution in [3.05, 3.63) is 0 Å². The van der Waals surface area contributed by atoms with Gasteiger partial charge >= 0.3 is 0 Å². The summed E-state index contributed by atoms with van der Waals surface area (Å²) in [4.78, 5) is 4.25. The van der Waals surface area contributed by atoms with Gasteiger partial charge < -0.3 is 15.7 Å². The predicted molar refractivity (Wildman–Crippen MR) is 33.4 cm³/mol. The van der Waals surface area contributed by atoms with E-state index in [0.29, 0.717) is 0 Å². The third-order valence-electron chi connectivity index (χ3n) is 0.632. The fourth-order valence-electron chi connectivity index (χ4n) is 0.247. The van der Waals surface area contributed by atoms with E-state index in [1.807, 2.05) is 0 Å². The van der Waals surface area contributed by atoms with E-state index in [-0.39, 0.29) is 12.4 Å². The Balaban J connectivity index is 3.95. The van der Waals surface area contributed by atoms with Crippen LogP contribution in [-0.2, 0) is 4.84 Å². The number of nitrogens with two attached hydrogens (primary N) is 2. The van der Waals surface area contributed by atoms with Crippen LogP contribution < -0.4 is 11.5 Å². The van der Waals surface area contributed by atoms with Crippen LogP contribution in [0.5, 0.6) is 0 Å². The predicted octanol–water partition coefficient (Wildman–Crippen LogP) is -1.92. The molecule has 0 amide bonds. The highest BCUT2D eigenvalue weighted by molar-refractivity contribution is 6.00. The first-order chi connectivity index (χ1) is 4.72. The molecule has 0 saturated carbocycles. The summed E-state index contributed by atoms with van der Waals surface area (Å²) in [6.07, 6.45) is -1.41. The van der Waals surface area contributed by atoms with E-state index < -0.39 is 6.23 Å². The fraction of sp³-hybridized carbons (Fsp3) is 0.500. The molecule has 0 aromatic carbocycles. The number of nitriles is 1. The van der Waals surface area contributed by atoms with Crippen LogP contribution in [0.25, 0.3) is 0 Å². The molecule has 1 atom stereocenters. The maximum absolute atomic E-state index is 8.54. The first-order valence-electron chi connectivity index (χ1n) is 2.46. The summed E-state index contributed by atoms with van der Waals surface area (Å²) in [6.45, 7) is -0.155. The van der Waals surface area contributed by atoms with Crippen molar-refractivity contribution in [2.45, 2.75) is 6.23 Å². The monoisotopic (exact) mass is 144 g/mol. The highest BCUT2D eigenvalue weighted by atomic mass is 16.6. The van der Waals surface area contributed by atoms with Gasteiger partial charge in [-0.2, -0.15) is 5.26 Å². The Morgan fingerprint density at radius 2 is 2.50 bits per heavy atom. The molecule has 56 valence electrons. The maximum Gasteiger partial charge on any atom is 0.199 e. The SMILES string of the molecule is N#C/C(=N\OCN)C(N)O. The second-order valence-electron chi connectivity index (χ2n) is 1.33. The normalized spacial score (nSPS) is 14.0. The van der Waals surface area contributed by atoms with Crippen LogP contribution in [0.4, 0.5) is 0 Å². The minimum absolute atomic E-state index is 0.155. The van der Waals surface area contributed by atoms with E-state index in [9.17, 15) is 0 Å². The number of hydrogen-bond donors (Lipinski definition) is 3.